The predicted molar refractivity (Wildman–Crippen MR) is 71.2 cm³/mol. The van der Waals surface area contributed by atoms with Crippen molar-refractivity contribution in [2.24, 2.45) is 12.8 Å². The molecule has 3 N–H and O–H groups in total. The van der Waals surface area contributed by atoms with Crippen molar-refractivity contribution in [1.82, 2.24) is 14.7 Å². The largest absolute Gasteiger partial charge is 0.391 e. The van der Waals surface area contributed by atoms with Crippen LogP contribution >= 0.6 is 0 Å². The van der Waals surface area contributed by atoms with Gasteiger partial charge in [-0.05, 0) is 12.8 Å². The monoisotopic (exact) mass is 266 g/mol. The number of rotatable bonds is 3. The number of nitrogens with two attached hydrogens (primary N) is 1. The highest BCUT2D eigenvalue weighted by Gasteiger charge is 2.32. The molecule has 6 nitrogen and oxygen atoms in total. The molecule has 1 amide bonds. The Morgan fingerprint density at radius 1 is 1.58 bits per heavy atom. The smallest absolute Gasteiger partial charge is 0.244 e. The van der Waals surface area contributed by atoms with Gasteiger partial charge in [0.1, 0.15) is 6.04 Å². The first kappa shape index (κ1) is 14.0. The minimum absolute atomic E-state index is 0.121. The molecule has 3 unspecified atom stereocenters. The number of hydrogen-bond donors (Lipinski definition) is 2. The third kappa shape index (κ3) is 2.96. The van der Waals surface area contributed by atoms with Crippen LogP contribution in [-0.2, 0) is 11.8 Å². The highest BCUT2D eigenvalue weighted by atomic mass is 16.3. The third-order valence-corrected chi connectivity index (χ3v) is 3.89. The van der Waals surface area contributed by atoms with E-state index >= 15 is 0 Å². The number of nitrogens with zero attached hydrogens (tertiary/aromatic N) is 3. The summed E-state index contributed by atoms with van der Waals surface area (Å²) in [6.07, 6.45) is 6.56. The first-order chi connectivity index (χ1) is 9.00. The van der Waals surface area contributed by atoms with Crippen molar-refractivity contribution in [2.75, 3.05) is 7.05 Å². The Hall–Kier alpha value is -1.40. The zero-order valence-electron chi connectivity index (χ0n) is 11.5. The second kappa shape index (κ2) is 5.71. The molecule has 106 valence electrons. The molecule has 6 heteroatoms. The van der Waals surface area contributed by atoms with Gasteiger partial charge in [0, 0.05) is 25.9 Å². The van der Waals surface area contributed by atoms with Gasteiger partial charge in [-0.2, -0.15) is 5.10 Å². The first-order valence-corrected chi connectivity index (χ1v) is 6.69. The fourth-order valence-corrected chi connectivity index (χ4v) is 2.67. The number of carbonyl (C=O) groups is 1. The van der Waals surface area contributed by atoms with E-state index in [9.17, 15) is 9.90 Å². The van der Waals surface area contributed by atoms with E-state index in [1.165, 1.54) is 0 Å². The predicted octanol–water partition coefficient (Wildman–Crippen LogP) is 0.182. The molecule has 1 aliphatic rings. The average molecular weight is 266 g/mol. The molecule has 1 aliphatic carbocycles. The molecule has 0 aromatic carbocycles. The van der Waals surface area contributed by atoms with Gasteiger partial charge in [0.2, 0.25) is 5.91 Å². The van der Waals surface area contributed by atoms with Gasteiger partial charge in [-0.3, -0.25) is 9.48 Å². The quantitative estimate of drug-likeness (QED) is 0.817. The number of likely N-dealkylation sites (N-methyl/N-ethyl adjacent to an activating group) is 1. The lowest BCUT2D eigenvalue weighted by Gasteiger charge is -2.36. The lowest BCUT2D eigenvalue weighted by Crippen LogP contribution is -2.49. The first-order valence-electron chi connectivity index (χ1n) is 6.69. The summed E-state index contributed by atoms with van der Waals surface area (Å²) in [6.45, 7) is 0. The summed E-state index contributed by atoms with van der Waals surface area (Å²) in [6, 6.07) is -0.836. The van der Waals surface area contributed by atoms with Crippen LogP contribution in [0.25, 0.3) is 0 Å². The normalized spacial score (nSPS) is 25.1. The zero-order chi connectivity index (χ0) is 14.0. The number of aliphatic hydroxyl groups excluding tert-OH is 1. The molecule has 1 saturated carbocycles. The van der Waals surface area contributed by atoms with Crippen LogP contribution in [0, 0.1) is 0 Å². The molecule has 3 atom stereocenters. The standard InChI is InChI=1S/C13H22N4O2/c1-16-8-9(7-15-16)12(14)13(19)17(2)10-5-3-4-6-11(10)18/h7-8,10-12,18H,3-6,14H2,1-2H3. The van der Waals surface area contributed by atoms with Crippen LogP contribution in [0.15, 0.2) is 12.4 Å². The molecule has 1 heterocycles. The lowest BCUT2D eigenvalue weighted by atomic mass is 9.91. The Labute approximate surface area is 113 Å². The Morgan fingerprint density at radius 3 is 2.84 bits per heavy atom. The van der Waals surface area contributed by atoms with Gasteiger partial charge in [0.05, 0.1) is 18.3 Å². The SMILES string of the molecule is CN(C(=O)C(N)c1cnn(C)c1)C1CCCCC1O. The minimum Gasteiger partial charge on any atom is -0.391 e. The Bertz CT molecular complexity index is 446. The molecule has 0 saturated heterocycles. The summed E-state index contributed by atoms with van der Waals surface area (Å²) in [5.74, 6) is -0.168. The highest BCUT2D eigenvalue weighted by molar-refractivity contribution is 5.83. The fourth-order valence-electron chi connectivity index (χ4n) is 2.67. The minimum atomic E-state index is -0.715. The van der Waals surface area contributed by atoms with E-state index in [0.29, 0.717) is 5.56 Å². The molecule has 1 aromatic rings. The summed E-state index contributed by atoms with van der Waals surface area (Å²) in [7, 11) is 3.51. The second-order valence-corrected chi connectivity index (χ2v) is 5.29. The van der Waals surface area contributed by atoms with Crippen LogP contribution in [0.2, 0.25) is 0 Å². The van der Waals surface area contributed by atoms with Gasteiger partial charge in [-0.15, -0.1) is 0 Å². The van der Waals surface area contributed by atoms with Gasteiger partial charge < -0.3 is 15.7 Å². The maximum atomic E-state index is 12.4. The highest BCUT2D eigenvalue weighted by Crippen LogP contribution is 2.24. The molecule has 19 heavy (non-hydrogen) atoms. The van der Waals surface area contributed by atoms with E-state index in [4.69, 9.17) is 5.73 Å². The van der Waals surface area contributed by atoms with Crippen LogP contribution in [0.1, 0.15) is 37.3 Å². The van der Waals surface area contributed by atoms with Gasteiger partial charge in [0.15, 0.2) is 0 Å². The van der Waals surface area contributed by atoms with E-state index < -0.39 is 12.1 Å². The summed E-state index contributed by atoms with van der Waals surface area (Å²) in [5.41, 5.74) is 6.68. The van der Waals surface area contributed by atoms with E-state index in [2.05, 4.69) is 5.10 Å². The fraction of sp³-hybridized carbons (Fsp3) is 0.692. The molecule has 1 fully saturated rings. The number of aryl methyl sites for hydroxylation is 1. The molecule has 0 bridgehead atoms. The lowest BCUT2D eigenvalue weighted by molar-refractivity contribution is -0.137. The summed E-state index contributed by atoms with van der Waals surface area (Å²) in [4.78, 5) is 13.9. The third-order valence-electron chi connectivity index (χ3n) is 3.89. The van der Waals surface area contributed by atoms with Crippen molar-refractivity contribution in [3.63, 3.8) is 0 Å². The molecule has 0 radical (unpaired) electrons. The summed E-state index contributed by atoms with van der Waals surface area (Å²) >= 11 is 0. The molecule has 2 rings (SSSR count). The number of carbonyl (C=O) groups excluding carboxylic acids is 1. The maximum absolute atomic E-state index is 12.4. The number of aliphatic hydroxyl groups is 1. The number of aromatic nitrogens is 2. The number of hydrogen-bond acceptors (Lipinski definition) is 4. The van der Waals surface area contributed by atoms with Crippen molar-refractivity contribution in [1.29, 1.82) is 0 Å². The van der Waals surface area contributed by atoms with Crippen molar-refractivity contribution in [3.05, 3.63) is 18.0 Å². The maximum Gasteiger partial charge on any atom is 0.244 e. The van der Waals surface area contributed by atoms with Crippen molar-refractivity contribution >= 4 is 5.91 Å². The molecule has 0 aliphatic heterocycles. The van der Waals surface area contributed by atoms with Gasteiger partial charge in [-0.1, -0.05) is 12.8 Å². The second-order valence-electron chi connectivity index (χ2n) is 5.29. The molecule has 0 spiro atoms. The average Bonchev–Trinajstić information content (AvgIpc) is 2.83. The topological polar surface area (TPSA) is 84.4 Å². The molecular formula is C13H22N4O2. The Balaban J connectivity index is 2.05. The van der Waals surface area contributed by atoms with Crippen LogP contribution in [-0.4, -0.2) is 44.9 Å². The van der Waals surface area contributed by atoms with E-state index in [1.807, 2.05) is 0 Å². The van der Waals surface area contributed by atoms with Crippen LogP contribution in [0.5, 0.6) is 0 Å². The van der Waals surface area contributed by atoms with Crippen LogP contribution < -0.4 is 5.73 Å². The Kier molecular flexibility index (Phi) is 4.21. The van der Waals surface area contributed by atoms with Gasteiger partial charge >= 0.3 is 0 Å². The molecule has 1 aromatic heterocycles. The van der Waals surface area contributed by atoms with Crippen LogP contribution in [0.4, 0.5) is 0 Å². The van der Waals surface area contributed by atoms with Gasteiger partial charge in [0.25, 0.3) is 0 Å². The van der Waals surface area contributed by atoms with E-state index in [-0.39, 0.29) is 11.9 Å². The van der Waals surface area contributed by atoms with Crippen molar-refractivity contribution in [2.45, 2.75) is 43.9 Å². The van der Waals surface area contributed by atoms with Crippen molar-refractivity contribution in [3.8, 4) is 0 Å². The Morgan fingerprint density at radius 2 is 2.26 bits per heavy atom. The van der Waals surface area contributed by atoms with E-state index in [1.54, 1.807) is 36.1 Å². The molecular weight excluding hydrogens is 244 g/mol. The zero-order valence-corrected chi connectivity index (χ0v) is 11.5. The van der Waals surface area contributed by atoms with Gasteiger partial charge in [-0.25, -0.2) is 0 Å². The summed E-state index contributed by atoms with van der Waals surface area (Å²) in [5, 5.41) is 14.0. The van der Waals surface area contributed by atoms with Crippen molar-refractivity contribution < 1.29 is 9.90 Å². The van der Waals surface area contributed by atoms with E-state index in [0.717, 1.165) is 25.7 Å². The number of amides is 1. The summed E-state index contributed by atoms with van der Waals surface area (Å²) < 4.78 is 1.62. The van der Waals surface area contributed by atoms with Crippen LogP contribution in [0.3, 0.4) is 0 Å².